The molecule has 0 bridgehead atoms. The van der Waals surface area contributed by atoms with Crippen molar-refractivity contribution in [3.8, 4) is 0 Å². The van der Waals surface area contributed by atoms with Crippen molar-refractivity contribution in [1.29, 1.82) is 0 Å². The van der Waals surface area contributed by atoms with Crippen LogP contribution in [0.5, 0.6) is 0 Å². The lowest BCUT2D eigenvalue weighted by Crippen LogP contribution is -2.04. The van der Waals surface area contributed by atoms with Gasteiger partial charge in [-0.1, -0.05) is 35.4 Å². The van der Waals surface area contributed by atoms with Crippen molar-refractivity contribution in [3.05, 3.63) is 64.3 Å². The van der Waals surface area contributed by atoms with Gasteiger partial charge in [-0.15, -0.1) is 5.10 Å². The van der Waals surface area contributed by atoms with Crippen LogP contribution in [0.2, 0.25) is 5.02 Å². The van der Waals surface area contributed by atoms with Crippen LogP contribution in [0.3, 0.4) is 0 Å². The zero-order valence-electron chi connectivity index (χ0n) is 13.8. The van der Waals surface area contributed by atoms with Crippen molar-refractivity contribution < 1.29 is 0 Å². The molecule has 122 valence electrons. The summed E-state index contributed by atoms with van der Waals surface area (Å²) in [7, 11) is 0. The summed E-state index contributed by atoms with van der Waals surface area (Å²) in [6, 6.07) is 11.8. The van der Waals surface area contributed by atoms with E-state index < -0.39 is 0 Å². The zero-order valence-corrected chi connectivity index (χ0v) is 14.5. The van der Waals surface area contributed by atoms with E-state index in [1.54, 1.807) is 6.20 Å². The third kappa shape index (κ3) is 3.63. The van der Waals surface area contributed by atoms with E-state index in [-0.39, 0.29) is 0 Å². The lowest BCUT2D eigenvalue weighted by molar-refractivity contribution is 0.981. The third-order valence-corrected chi connectivity index (χ3v) is 4.13. The Balaban J connectivity index is 1.82. The van der Waals surface area contributed by atoms with E-state index in [4.69, 9.17) is 11.6 Å². The molecule has 6 heteroatoms. The molecule has 0 saturated carbocycles. The molecule has 2 N–H and O–H groups in total. The van der Waals surface area contributed by atoms with Gasteiger partial charge >= 0.3 is 0 Å². The Morgan fingerprint density at radius 3 is 2.58 bits per heavy atom. The fourth-order valence-corrected chi connectivity index (χ4v) is 2.55. The van der Waals surface area contributed by atoms with Gasteiger partial charge in [0.1, 0.15) is 0 Å². The number of aryl methyl sites for hydroxylation is 2. The van der Waals surface area contributed by atoms with Gasteiger partial charge < -0.3 is 10.6 Å². The number of aromatic nitrogens is 3. The first-order chi connectivity index (χ1) is 11.5. The number of hydrogen-bond donors (Lipinski definition) is 2. The Bertz CT molecular complexity index is 879. The molecule has 0 fully saturated rings. The van der Waals surface area contributed by atoms with Crippen LogP contribution in [-0.4, -0.2) is 15.2 Å². The summed E-state index contributed by atoms with van der Waals surface area (Å²) in [6.45, 7) is 6.06. The van der Waals surface area contributed by atoms with Crippen LogP contribution in [0.1, 0.15) is 16.7 Å². The summed E-state index contributed by atoms with van der Waals surface area (Å²) in [5, 5.41) is 15.2. The molecule has 2 aromatic carbocycles. The number of halogens is 1. The largest absolute Gasteiger partial charge is 0.339 e. The van der Waals surface area contributed by atoms with Gasteiger partial charge in [0.15, 0.2) is 5.82 Å². The molecular weight excluding hydrogens is 322 g/mol. The number of nitrogens with zero attached hydrogens (tertiary/aromatic N) is 3. The van der Waals surface area contributed by atoms with Crippen molar-refractivity contribution in [2.75, 3.05) is 10.6 Å². The summed E-state index contributed by atoms with van der Waals surface area (Å²) >= 11 is 6.14. The molecule has 5 nitrogen and oxygen atoms in total. The summed E-state index contributed by atoms with van der Waals surface area (Å²) in [5.74, 6) is 1.04. The average molecular weight is 340 g/mol. The Kier molecular flexibility index (Phi) is 4.62. The maximum atomic E-state index is 6.14. The molecule has 0 aliphatic heterocycles. The standard InChI is InChI=1S/C18H18ClN5/c1-11-7-8-15(12(2)9-11)21-17-10-20-24-18(23-17)22-16-6-4-5-14(19)13(16)3/h4-10H,1-3H3,(H2,21,22,23,24). The van der Waals surface area contributed by atoms with Crippen LogP contribution in [0.4, 0.5) is 23.1 Å². The Morgan fingerprint density at radius 1 is 0.958 bits per heavy atom. The van der Waals surface area contributed by atoms with Crippen LogP contribution in [0, 0.1) is 20.8 Å². The van der Waals surface area contributed by atoms with Gasteiger partial charge in [0.05, 0.1) is 6.20 Å². The van der Waals surface area contributed by atoms with Crippen molar-refractivity contribution >= 4 is 34.7 Å². The van der Waals surface area contributed by atoms with E-state index in [2.05, 4.69) is 51.8 Å². The molecule has 0 atom stereocenters. The van der Waals surface area contributed by atoms with E-state index in [9.17, 15) is 0 Å². The second-order valence-corrected chi connectivity index (χ2v) is 6.05. The second kappa shape index (κ2) is 6.84. The van der Waals surface area contributed by atoms with Crippen LogP contribution in [0.25, 0.3) is 0 Å². The Morgan fingerprint density at radius 2 is 1.79 bits per heavy atom. The van der Waals surface area contributed by atoms with Crippen LogP contribution in [-0.2, 0) is 0 Å². The molecule has 3 aromatic rings. The molecule has 0 spiro atoms. The van der Waals surface area contributed by atoms with E-state index in [0.717, 1.165) is 22.5 Å². The van der Waals surface area contributed by atoms with Crippen LogP contribution >= 0.6 is 11.6 Å². The van der Waals surface area contributed by atoms with Gasteiger partial charge in [0, 0.05) is 16.4 Å². The Labute approximate surface area is 146 Å². The van der Waals surface area contributed by atoms with Gasteiger partial charge in [-0.05, 0) is 50.1 Å². The molecule has 0 aliphatic rings. The fraction of sp³-hybridized carbons (Fsp3) is 0.167. The third-order valence-electron chi connectivity index (χ3n) is 3.72. The van der Waals surface area contributed by atoms with Crippen molar-refractivity contribution in [1.82, 2.24) is 15.2 Å². The molecule has 0 radical (unpaired) electrons. The number of anilines is 4. The highest BCUT2D eigenvalue weighted by Crippen LogP contribution is 2.25. The smallest absolute Gasteiger partial charge is 0.249 e. The maximum absolute atomic E-state index is 6.14. The summed E-state index contributed by atoms with van der Waals surface area (Å²) in [4.78, 5) is 4.46. The lowest BCUT2D eigenvalue weighted by Gasteiger charge is -2.11. The summed E-state index contributed by atoms with van der Waals surface area (Å²) < 4.78 is 0. The molecule has 0 aliphatic carbocycles. The van der Waals surface area contributed by atoms with Crippen LogP contribution in [0.15, 0.2) is 42.6 Å². The van der Waals surface area contributed by atoms with E-state index in [0.29, 0.717) is 16.8 Å². The quantitative estimate of drug-likeness (QED) is 0.705. The second-order valence-electron chi connectivity index (χ2n) is 5.65. The summed E-state index contributed by atoms with van der Waals surface area (Å²) in [5.41, 5.74) is 5.15. The molecule has 0 saturated heterocycles. The molecular formula is C18H18ClN5. The highest BCUT2D eigenvalue weighted by atomic mass is 35.5. The van der Waals surface area contributed by atoms with Crippen LogP contribution < -0.4 is 10.6 Å². The van der Waals surface area contributed by atoms with Gasteiger partial charge in [-0.2, -0.15) is 10.1 Å². The molecule has 0 amide bonds. The SMILES string of the molecule is Cc1ccc(Nc2cnnc(Nc3cccc(Cl)c3C)n2)c(C)c1. The molecule has 1 aromatic heterocycles. The topological polar surface area (TPSA) is 62.7 Å². The van der Waals surface area contributed by atoms with E-state index in [1.807, 2.05) is 31.2 Å². The van der Waals surface area contributed by atoms with Crippen molar-refractivity contribution in [2.24, 2.45) is 0 Å². The lowest BCUT2D eigenvalue weighted by atomic mass is 10.1. The molecule has 0 unspecified atom stereocenters. The maximum Gasteiger partial charge on any atom is 0.249 e. The predicted molar refractivity (Wildman–Crippen MR) is 98.5 cm³/mol. The average Bonchev–Trinajstić information content (AvgIpc) is 2.55. The number of rotatable bonds is 4. The molecule has 1 heterocycles. The predicted octanol–water partition coefficient (Wildman–Crippen LogP) is 4.94. The summed E-state index contributed by atoms with van der Waals surface area (Å²) in [6.07, 6.45) is 1.59. The first-order valence-electron chi connectivity index (χ1n) is 7.59. The number of benzene rings is 2. The van der Waals surface area contributed by atoms with Crippen molar-refractivity contribution in [3.63, 3.8) is 0 Å². The molecule has 24 heavy (non-hydrogen) atoms. The first-order valence-corrected chi connectivity index (χ1v) is 7.97. The van der Waals surface area contributed by atoms with Gasteiger partial charge in [0.2, 0.25) is 5.95 Å². The first kappa shape index (κ1) is 16.2. The monoisotopic (exact) mass is 339 g/mol. The van der Waals surface area contributed by atoms with Gasteiger partial charge in [0.25, 0.3) is 0 Å². The van der Waals surface area contributed by atoms with E-state index in [1.165, 1.54) is 5.56 Å². The normalized spacial score (nSPS) is 10.5. The van der Waals surface area contributed by atoms with Crippen molar-refractivity contribution in [2.45, 2.75) is 20.8 Å². The fourth-order valence-electron chi connectivity index (χ4n) is 2.37. The van der Waals surface area contributed by atoms with Gasteiger partial charge in [-0.25, -0.2) is 0 Å². The highest BCUT2D eigenvalue weighted by Gasteiger charge is 2.07. The van der Waals surface area contributed by atoms with E-state index >= 15 is 0 Å². The Hall–Kier alpha value is -2.66. The minimum atomic E-state index is 0.412. The number of hydrogen-bond acceptors (Lipinski definition) is 5. The highest BCUT2D eigenvalue weighted by molar-refractivity contribution is 6.31. The minimum absolute atomic E-state index is 0.412. The zero-order chi connectivity index (χ0) is 17.1. The number of nitrogens with one attached hydrogen (secondary N) is 2. The minimum Gasteiger partial charge on any atom is -0.339 e. The van der Waals surface area contributed by atoms with Gasteiger partial charge in [-0.3, -0.25) is 0 Å². The molecule has 3 rings (SSSR count).